The Morgan fingerprint density at radius 3 is 2.50 bits per heavy atom. The molecular formula is C11H11F3O2. The molecule has 0 amide bonds. The van der Waals surface area contributed by atoms with Crippen LogP contribution in [0.2, 0.25) is 0 Å². The van der Waals surface area contributed by atoms with Crippen molar-refractivity contribution in [1.82, 2.24) is 0 Å². The van der Waals surface area contributed by atoms with Crippen molar-refractivity contribution in [2.45, 2.75) is 26.6 Å². The molecule has 0 heterocycles. The van der Waals surface area contributed by atoms with Crippen molar-refractivity contribution in [3.8, 4) is 5.75 Å². The second-order valence-electron chi connectivity index (χ2n) is 3.32. The standard InChI is InChI=1S/C11H11F3O2/c1-3-9(15)8-5-4-7(2)6-10(8)16-11(12,13)14/h4-6H,3H2,1-2H3. The van der Waals surface area contributed by atoms with Crippen molar-refractivity contribution in [2.24, 2.45) is 0 Å². The third-order valence-corrected chi connectivity index (χ3v) is 1.98. The molecule has 0 aliphatic carbocycles. The van der Waals surface area contributed by atoms with Crippen LogP contribution in [-0.2, 0) is 0 Å². The maximum absolute atomic E-state index is 12.1. The van der Waals surface area contributed by atoms with Crippen molar-refractivity contribution in [2.75, 3.05) is 0 Å². The lowest BCUT2D eigenvalue weighted by Crippen LogP contribution is -2.19. The van der Waals surface area contributed by atoms with Gasteiger partial charge >= 0.3 is 6.36 Å². The molecule has 0 fully saturated rings. The smallest absolute Gasteiger partial charge is 0.405 e. The zero-order chi connectivity index (χ0) is 12.3. The summed E-state index contributed by atoms with van der Waals surface area (Å²) in [5, 5.41) is 0. The van der Waals surface area contributed by atoms with Crippen LogP contribution in [0.4, 0.5) is 13.2 Å². The highest BCUT2D eigenvalue weighted by Gasteiger charge is 2.32. The molecule has 2 nitrogen and oxygen atoms in total. The second kappa shape index (κ2) is 4.55. The van der Waals surface area contributed by atoms with Gasteiger partial charge in [0.2, 0.25) is 0 Å². The lowest BCUT2D eigenvalue weighted by molar-refractivity contribution is -0.274. The predicted molar refractivity (Wildman–Crippen MR) is 52.5 cm³/mol. The highest BCUT2D eigenvalue weighted by Crippen LogP contribution is 2.28. The zero-order valence-corrected chi connectivity index (χ0v) is 8.89. The summed E-state index contributed by atoms with van der Waals surface area (Å²) < 4.78 is 40.1. The molecule has 0 aliphatic heterocycles. The van der Waals surface area contributed by atoms with Crippen LogP contribution in [0, 0.1) is 6.92 Å². The average molecular weight is 232 g/mol. The highest BCUT2D eigenvalue weighted by atomic mass is 19.4. The number of carbonyl (C=O) groups excluding carboxylic acids is 1. The number of rotatable bonds is 3. The highest BCUT2D eigenvalue weighted by molar-refractivity contribution is 5.98. The van der Waals surface area contributed by atoms with Gasteiger partial charge in [0.1, 0.15) is 5.75 Å². The van der Waals surface area contributed by atoms with E-state index in [2.05, 4.69) is 4.74 Å². The van der Waals surface area contributed by atoms with Crippen molar-refractivity contribution < 1.29 is 22.7 Å². The summed E-state index contributed by atoms with van der Waals surface area (Å²) >= 11 is 0. The van der Waals surface area contributed by atoms with Gasteiger partial charge in [0, 0.05) is 6.42 Å². The number of carbonyl (C=O) groups is 1. The van der Waals surface area contributed by atoms with Crippen molar-refractivity contribution in [3.05, 3.63) is 29.3 Å². The van der Waals surface area contributed by atoms with Crippen LogP contribution in [0.25, 0.3) is 0 Å². The Bertz CT molecular complexity index is 397. The van der Waals surface area contributed by atoms with Gasteiger partial charge in [-0.15, -0.1) is 13.2 Å². The first-order valence-corrected chi connectivity index (χ1v) is 4.73. The maximum atomic E-state index is 12.1. The van der Waals surface area contributed by atoms with Gasteiger partial charge in [0.05, 0.1) is 5.56 Å². The molecule has 0 saturated heterocycles. The Hall–Kier alpha value is -1.52. The number of aryl methyl sites for hydroxylation is 1. The Morgan fingerprint density at radius 1 is 1.38 bits per heavy atom. The van der Waals surface area contributed by atoms with E-state index in [1.54, 1.807) is 19.9 Å². The third kappa shape index (κ3) is 3.25. The normalized spacial score (nSPS) is 11.3. The van der Waals surface area contributed by atoms with E-state index in [-0.39, 0.29) is 17.8 Å². The summed E-state index contributed by atoms with van der Waals surface area (Å²) in [6.07, 6.45) is -4.64. The summed E-state index contributed by atoms with van der Waals surface area (Å²) in [6.45, 7) is 3.21. The van der Waals surface area contributed by atoms with Gasteiger partial charge < -0.3 is 4.74 Å². The van der Waals surface area contributed by atoms with Crippen molar-refractivity contribution >= 4 is 5.78 Å². The van der Waals surface area contributed by atoms with Crippen LogP contribution in [-0.4, -0.2) is 12.1 Å². The molecule has 0 unspecified atom stereocenters. The zero-order valence-electron chi connectivity index (χ0n) is 8.89. The van der Waals surface area contributed by atoms with Crippen molar-refractivity contribution in [3.63, 3.8) is 0 Å². The van der Waals surface area contributed by atoms with Gasteiger partial charge in [0.25, 0.3) is 0 Å². The fraction of sp³-hybridized carbons (Fsp3) is 0.364. The largest absolute Gasteiger partial charge is 0.573 e. The predicted octanol–water partition coefficient (Wildman–Crippen LogP) is 3.49. The quantitative estimate of drug-likeness (QED) is 0.745. The van der Waals surface area contributed by atoms with Gasteiger partial charge in [0.15, 0.2) is 5.78 Å². The minimum absolute atomic E-state index is 0.0366. The number of halogens is 3. The Kier molecular flexibility index (Phi) is 3.57. The SMILES string of the molecule is CCC(=O)c1ccc(C)cc1OC(F)(F)F. The van der Waals surface area contributed by atoms with Gasteiger partial charge in [-0.25, -0.2) is 0 Å². The lowest BCUT2D eigenvalue weighted by atomic mass is 10.1. The van der Waals surface area contributed by atoms with E-state index in [9.17, 15) is 18.0 Å². The Morgan fingerprint density at radius 2 is 2.00 bits per heavy atom. The maximum Gasteiger partial charge on any atom is 0.573 e. The number of alkyl halides is 3. The van der Waals surface area contributed by atoms with Gasteiger partial charge in [-0.05, 0) is 24.6 Å². The van der Waals surface area contributed by atoms with E-state index in [4.69, 9.17) is 0 Å². The van der Waals surface area contributed by atoms with Crippen LogP contribution in [0.5, 0.6) is 5.75 Å². The van der Waals surface area contributed by atoms with E-state index in [0.29, 0.717) is 5.56 Å². The number of hydrogen-bond donors (Lipinski definition) is 0. The van der Waals surface area contributed by atoms with Crippen LogP contribution in [0.1, 0.15) is 29.3 Å². The van der Waals surface area contributed by atoms with Crippen LogP contribution in [0.3, 0.4) is 0 Å². The fourth-order valence-electron chi connectivity index (χ4n) is 1.26. The second-order valence-corrected chi connectivity index (χ2v) is 3.32. The van der Waals surface area contributed by atoms with Crippen LogP contribution < -0.4 is 4.74 Å². The number of benzene rings is 1. The number of ketones is 1. The minimum Gasteiger partial charge on any atom is -0.405 e. The van der Waals surface area contributed by atoms with Crippen molar-refractivity contribution in [1.29, 1.82) is 0 Å². The summed E-state index contributed by atoms with van der Waals surface area (Å²) in [6, 6.07) is 4.13. The summed E-state index contributed by atoms with van der Waals surface area (Å²) in [4.78, 5) is 11.4. The number of hydrogen-bond acceptors (Lipinski definition) is 2. The first kappa shape index (κ1) is 12.5. The topological polar surface area (TPSA) is 26.3 Å². The molecule has 16 heavy (non-hydrogen) atoms. The molecule has 0 radical (unpaired) electrons. The molecule has 1 aromatic rings. The molecule has 88 valence electrons. The van der Waals surface area contributed by atoms with E-state index < -0.39 is 12.1 Å². The lowest BCUT2D eigenvalue weighted by Gasteiger charge is -2.12. The minimum atomic E-state index is -4.78. The molecular weight excluding hydrogens is 221 g/mol. The summed E-state index contributed by atoms with van der Waals surface area (Å²) in [5.41, 5.74) is 0.567. The molecule has 1 aromatic carbocycles. The van der Waals surface area contributed by atoms with E-state index in [1.807, 2.05) is 0 Å². The molecule has 0 aliphatic rings. The summed E-state index contributed by atoms with van der Waals surface area (Å²) in [7, 11) is 0. The molecule has 1 rings (SSSR count). The van der Waals surface area contributed by atoms with Gasteiger partial charge in [-0.1, -0.05) is 13.0 Å². The molecule has 5 heteroatoms. The van der Waals surface area contributed by atoms with Crippen LogP contribution in [0.15, 0.2) is 18.2 Å². The van der Waals surface area contributed by atoms with Gasteiger partial charge in [-0.3, -0.25) is 4.79 Å². The molecule has 0 aromatic heterocycles. The van der Waals surface area contributed by atoms with Crippen LogP contribution >= 0.6 is 0 Å². The Labute approximate surface area is 91.0 Å². The van der Waals surface area contributed by atoms with E-state index in [0.717, 1.165) is 0 Å². The molecule has 0 spiro atoms. The van der Waals surface area contributed by atoms with Gasteiger partial charge in [-0.2, -0.15) is 0 Å². The van der Waals surface area contributed by atoms with E-state index in [1.165, 1.54) is 12.1 Å². The average Bonchev–Trinajstić information content (AvgIpc) is 2.14. The first-order valence-electron chi connectivity index (χ1n) is 4.73. The summed E-state index contributed by atoms with van der Waals surface area (Å²) in [5.74, 6) is -0.807. The van der Waals surface area contributed by atoms with E-state index >= 15 is 0 Å². The number of Topliss-reactive ketones (excluding diaryl/α,β-unsaturated/α-hetero) is 1. The fourth-order valence-corrected chi connectivity index (χ4v) is 1.26. The molecule has 0 saturated carbocycles. The third-order valence-electron chi connectivity index (χ3n) is 1.98. The molecule has 0 N–H and O–H groups in total. The first-order chi connectivity index (χ1) is 7.33. The number of ether oxygens (including phenoxy) is 1. The molecule has 0 atom stereocenters. The molecule has 0 bridgehead atoms. The monoisotopic (exact) mass is 232 g/mol. The Balaban J connectivity index is 3.13.